The fraction of sp³-hybridized carbons (Fsp3) is 0.400. The number of aryl methyl sites for hydroxylation is 1. The normalized spacial score (nSPS) is 8.83. The second-order valence-electron chi connectivity index (χ2n) is 2.80. The summed E-state index contributed by atoms with van der Waals surface area (Å²) in [6.45, 7) is 5.34. The number of halogens is 1. The molecule has 0 aromatic heterocycles. The van der Waals surface area contributed by atoms with Gasteiger partial charge in [0.15, 0.2) is 0 Å². The Morgan fingerprint density at radius 2 is 2.08 bits per heavy atom. The quantitative estimate of drug-likeness (QED) is 0.763. The molecule has 1 rings (SSSR count). The highest BCUT2D eigenvalue weighted by atomic mass is 35.5. The van der Waals surface area contributed by atoms with Gasteiger partial charge in [0.25, 0.3) is 0 Å². The van der Waals surface area contributed by atoms with Crippen LogP contribution in [0.5, 0.6) is 0 Å². The summed E-state index contributed by atoms with van der Waals surface area (Å²) < 4.78 is 0. The van der Waals surface area contributed by atoms with Crippen LogP contribution in [0.25, 0.3) is 0 Å². The van der Waals surface area contributed by atoms with Gasteiger partial charge in [0.2, 0.25) is 0 Å². The summed E-state index contributed by atoms with van der Waals surface area (Å²) >= 11 is 0. The van der Waals surface area contributed by atoms with Crippen LogP contribution in [0.3, 0.4) is 0 Å². The molecule has 1 nitrogen and oxygen atoms in total. The monoisotopic (exact) mass is 185 g/mol. The molecule has 0 bridgehead atoms. The molecule has 0 aliphatic heterocycles. The average molecular weight is 186 g/mol. The predicted octanol–water partition coefficient (Wildman–Crippen LogP) is 3.24. The van der Waals surface area contributed by atoms with Gasteiger partial charge in [-0.3, -0.25) is 0 Å². The molecule has 12 heavy (non-hydrogen) atoms. The number of nitrogens with one attached hydrogen (secondary N) is 1. The minimum absolute atomic E-state index is 0. The van der Waals surface area contributed by atoms with Crippen LogP contribution in [0.2, 0.25) is 0 Å². The molecule has 0 spiro atoms. The van der Waals surface area contributed by atoms with Crippen LogP contribution < -0.4 is 5.32 Å². The third kappa shape index (κ3) is 3.63. The molecule has 0 aliphatic rings. The summed E-state index contributed by atoms with van der Waals surface area (Å²) in [6, 6.07) is 8.45. The molecule has 0 saturated heterocycles. The largest absolute Gasteiger partial charge is 0.385 e. The summed E-state index contributed by atoms with van der Waals surface area (Å²) in [7, 11) is 0. The Kier molecular flexibility index (Phi) is 5.56. The maximum atomic E-state index is 3.34. The number of benzene rings is 1. The van der Waals surface area contributed by atoms with Crippen molar-refractivity contribution in [1.82, 2.24) is 0 Å². The van der Waals surface area contributed by atoms with E-state index in [4.69, 9.17) is 0 Å². The van der Waals surface area contributed by atoms with E-state index in [1.807, 2.05) is 0 Å². The fourth-order valence-corrected chi connectivity index (χ4v) is 1.02. The lowest BCUT2D eigenvalue weighted by Crippen LogP contribution is -1.98. The van der Waals surface area contributed by atoms with E-state index >= 15 is 0 Å². The lowest BCUT2D eigenvalue weighted by molar-refractivity contribution is 0.979. The Hall–Kier alpha value is -0.690. The maximum absolute atomic E-state index is 3.34. The fourth-order valence-electron chi connectivity index (χ4n) is 1.02. The molecular formula is C10H16ClN. The molecule has 0 radical (unpaired) electrons. The second kappa shape index (κ2) is 5.90. The van der Waals surface area contributed by atoms with E-state index in [9.17, 15) is 0 Å². The van der Waals surface area contributed by atoms with Gasteiger partial charge in [0.1, 0.15) is 0 Å². The van der Waals surface area contributed by atoms with Crippen LogP contribution in [-0.2, 0) is 0 Å². The van der Waals surface area contributed by atoms with Gasteiger partial charge in [-0.05, 0) is 31.0 Å². The summed E-state index contributed by atoms with van der Waals surface area (Å²) in [5.74, 6) is 0. The number of anilines is 1. The molecule has 1 aromatic carbocycles. The molecule has 1 N–H and O–H groups in total. The first-order valence-electron chi connectivity index (χ1n) is 4.13. The van der Waals surface area contributed by atoms with Crippen molar-refractivity contribution in [2.45, 2.75) is 20.3 Å². The molecular weight excluding hydrogens is 170 g/mol. The summed E-state index contributed by atoms with van der Waals surface area (Å²) in [5, 5.41) is 3.34. The van der Waals surface area contributed by atoms with Gasteiger partial charge in [0.05, 0.1) is 0 Å². The van der Waals surface area contributed by atoms with E-state index < -0.39 is 0 Å². The van der Waals surface area contributed by atoms with Crippen LogP contribution >= 0.6 is 12.4 Å². The van der Waals surface area contributed by atoms with Gasteiger partial charge in [-0.1, -0.05) is 19.1 Å². The molecule has 2 heteroatoms. The molecule has 1 aromatic rings. The van der Waals surface area contributed by atoms with E-state index in [1.54, 1.807) is 0 Å². The lowest BCUT2D eigenvalue weighted by atomic mass is 10.2. The molecule has 0 unspecified atom stereocenters. The zero-order chi connectivity index (χ0) is 8.10. The van der Waals surface area contributed by atoms with Crippen LogP contribution in [0.15, 0.2) is 24.3 Å². The van der Waals surface area contributed by atoms with Crippen molar-refractivity contribution < 1.29 is 0 Å². The van der Waals surface area contributed by atoms with Crippen molar-refractivity contribution in [3.63, 3.8) is 0 Å². The van der Waals surface area contributed by atoms with Gasteiger partial charge in [-0.15, -0.1) is 12.4 Å². The molecule has 0 aliphatic carbocycles. The Labute approximate surface area is 80.6 Å². The van der Waals surface area contributed by atoms with Crippen LogP contribution in [0, 0.1) is 6.92 Å². The minimum Gasteiger partial charge on any atom is -0.385 e. The third-order valence-corrected chi connectivity index (χ3v) is 1.60. The Bertz CT molecular complexity index is 223. The smallest absolute Gasteiger partial charge is 0.0342 e. The predicted molar refractivity (Wildman–Crippen MR) is 57.2 cm³/mol. The number of rotatable bonds is 3. The van der Waals surface area contributed by atoms with E-state index in [0.29, 0.717) is 0 Å². The third-order valence-electron chi connectivity index (χ3n) is 1.60. The van der Waals surface area contributed by atoms with E-state index in [-0.39, 0.29) is 12.4 Å². The standard InChI is InChI=1S/C10H15N.ClH/c1-3-7-11-10-6-4-5-9(2)8-10;/h4-6,8,11H,3,7H2,1-2H3;1H. The summed E-state index contributed by atoms with van der Waals surface area (Å²) in [6.07, 6.45) is 1.17. The molecule has 0 fully saturated rings. The highest BCUT2D eigenvalue weighted by Crippen LogP contribution is 2.08. The highest BCUT2D eigenvalue weighted by molar-refractivity contribution is 5.85. The van der Waals surface area contributed by atoms with Crippen LogP contribution in [0.1, 0.15) is 18.9 Å². The zero-order valence-electron chi connectivity index (χ0n) is 7.63. The van der Waals surface area contributed by atoms with E-state index in [1.165, 1.54) is 17.7 Å². The van der Waals surface area contributed by atoms with Gasteiger partial charge in [-0.2, -0.15) is 0 Å². The first-order chi connectivity index (χ1) is 5.33. The van der Waals surface area contributed by atoms with Crippen molar-refractivity contribution in [2.24, 2.45) is 0 Å². The minimum atomic E-state index is 0. The van der Waals surface area contributed by atoms with Gasteiger partial charge in [-0.25, -0.2) is 0 Å². The van der Waals surface area contributed by atoms with E-state index in [0.717, 1.165) is 6.54 Å². The van der Waals surface area contributed by atoms with Gasteiger partial charge >= 0.3 is 0 Å². The van der Waals surface area contributed by atoms with E-state index in [2.05, 4.69) is 43.4 Å². The summed E-state index contributed by atoms with van der Waals surface area (Å²) in [4.78, 5) is 0. The van der Waals surface area contributed by atoms with Gasteiger partial charge < -0.3 is 5.32 Å². The molecule has 0 amide bonds. The van der Waals surface area contributed by atoms with Crippen molar-refractivity contribution in [2.75, 3.05) is 11.9 Å². The van der Waals surface area contributed by atoms with Crippen molar-refractivity contribution in [3.8, 4) is 0 Å². The molecule has 0 atom stereocenters. The number of hydrogen-bond donors (Lipinski definition) is 1. The topological polar surface area (TPSA) is 12.0 Å². The molecule has 0 saturated carbocycles. The Balaban J connectivity index is 0.00000121. The maximum Gasteiger partial charge on any atom is 0.0342 e. The van der Waals surface area contributed by atoms with Crippen molar-refractivity contribution in [3.05, 3.63) is 29.8 Å². The molecule has 68 valence electrons. The van der Waals surface area contributed by atoms with Crippen LogP contribution in [-0.4, -0.2) is 6.54 Å². The van der Waals surface area contributed by atoms with Crippen molar-refractivity contribution >= 4 is 18.1 Å². The van der Waals surface area contributed by atoms with Crippen molar-refractivity contribution in [1.29, 1.82) is 0 Å². The Morgan fingerprint density at radius 1 is 1.33 bits per heavy atom. The zero-order valence-corrected chi connectivity index (χ0v) is 8.45. The van der Waals surface area contributed by atoms with Crippen LogP contribution in [0.4, 0.5) is 5.69 Å². The first kappa shape index (κ1) is 11.3. The SMILES string of the molecule is CCCNc1cccc(C)c1.Cl. The first-order valence-corrected chi connectivity index (χ1v) is 4.13. The second-order valence-corrected chi connectivity index (χ2v) is 2.80. The Morgan fingerprint density at radius 3 is 2.67 bits per heavy atom. The van der Waals surface area contributed by atoms with Gasteiger partial charge in [0, 0.05) is 12.2 Å². The summed E-state index contributed by atoms with van der Waals surface area (Å²) in [5.41, 5.74) is 2.54. The highest BCUT2D eigenvalue weighted by Gasteiger charge is 1.88. The number of hydrogen-bond acceptors (Lipinski definition) is 1. The molecule has 0 heterocycles. The lowest BCUT2D eigenvalue weighted by Gasteiger charge is -2.04. The average Bonchev–Trinajstić information content (AvgIpc) is 2.01.